The fourth-order valence-electron chi connectivity index (χ4n) is 3.68. The fraction of sp³-hybridized carbons (Fsp3) is 0.259. The lowest BCUT2D eigenvalue weighted by Gasteiger charge is -2.36. The normalized spacial score (nSPS) is 14.1. The second-order valence-corrected chi connectivity index (χ2v) is 7.58. The monoisotopic (exact) mass is 383 g/mol. The summed E-state index contributed by atoms with van der Waals surface area (Å²) in [5.41, 5.74) is 3.65. The zero-order valence-electron chi connectivity index (χ0n) is 17.0. The van der Waals surface area contributed by atoms with Gasteiger partial charge in [-0.25, -0.2) is 0 Å². The molecule has 3 aromatic rings. The summed E-state index contributed by atoms with van der Waals surface area (Å²) < 4.78 is 0. The highest BCUT2D eigenvalue weighted by Crippen LogP contribution is 2.22. The number of hydrogen-bond donors (Lipinski definition) is 1. The van der Waals surface area contributed by atoms with Gasteiger partial charge in [0.05, 0.1) is 6.10 Å². The highest BCUT2D eigenvalue weighted by Gasteiger charge is 2.30. The van der Waals surface area contributed by atoms with Gasteiger partial charge >= 0.3 is 0 Å². The molecule has 0 radical (unpaired) electrons. The SMILES string of the molecule is C#CC(C)C(O)C(Cc1ccccc1)N(Cc1ccccc1)Cc1ccccc1. The maximum atomic E-state index is 11.2. The second-order valence-electron chi connectivity index (χ2n) is 7.58. The molecule has 3 aromatic carbocycles. The van der Waals surface area contributed by atoms with Crippen LogP contribution in [0.3, 0.4) is 0 Å². The molecule has 0 heterocycles. The van der Waals surface area contributed by atoms with E-state index >= 15 is 0 Å². The summed E-state index contributed by atoms with van der Waals surface area (Å²) in [7, 11) is 0. The smallest absolute Gasteiger partial charge is 0.0833 e. The van der Waals surface area contributed by atoms with Gasteiger partial charge in [-0.05, 0) is 30.0 Å². The molecule has 0 aliphatic heterocycles. The van der Waals surface area contributed by atoms with Crippen molar-refractivity contribution in [2.75, 3.05) is 0 Å². The van der Waals surface area contributed by atoms with Gasteiger partial charge in [-0.2, -0.15) is 0 Å². The number of benzene rings is 3. The predicted octanol–water partition coefficient (Wildman–Crippen LogP) is 4.93. The fourth-order valence-corrected chi connectivity index (χ4v) is 3.68. The molecule has 3 unspecified atom stereocenters. The van der Waals surface area contributed by atoms with E-state index in [-0.39, 0.29) is 12.0 Å². The van der Waals surface area contributed by atoms with E-state index in [1.54, 1.807) is 0 Å². The highest BCUT2D eigenvalue weighted by molar-refractivity contribution is 5.20. The highest BCUT2D eigenvalue weighted by atomic mass is 16.3. The quantitative estimate of drug-likeness (QED) is 0.530. The Hall–Kier alpha value is -2.86. The van der Waals surface area contributed by atoms with Gasteiger partial charge < -0.3 is 5.11 Å². The van der Waals surface area contributed by atoms with E-state index in [4.69, 9.17) is 6.42 Å². The molecule has 29 heavy (non-hydrogen) atoms. The lowest BCUT2D eigenvalue weighted by atomic mass is 9.91. The van der Waals surface area contributed by atoms with Crippen LogP contribution in [-0.4, -0.2) is 22.2 Å². The van der Waals surface area contributed by atoms with E-state index in [9.17, 15) is 5.11 Å². The van der Waals surface area contributed by atoms with Crippen LogP contribution < -0.4 is 0 Å². The number of hydrogen-bond acceptors (Lipinski definition) is 2. The molecule has 0 bridgehead atoms. The first-order valence-electron chi connectivity index (χ1n) is 10.2. The minimum absolute atomic E-state index is 0.0936. The maximum absolute atomic E-state index is 11.2. The van der Waals surface area contributed by atoms with Gasteiger partial charge in [-0.3, -0.25) is 4.90 Å². The van der Waals surface area contributed by atoms with E-state index in [2.05, 4.69) is 71.5 Å². The maximum Gasteiger partial charge on any atom is 0.0833 e. The van der Waals surface area contributed by atoms with E-state index in [0.717, 1.165) is 19.5 Å². The Kier molecular flexibility index (Phi) is 7.64. The number of rotatable bonds is 9. The molecule has 0 aliphatic carbocycles. The van der Waals surface area contributed by atoms with Crippen molar-refractivity contribution in [3.8, 4) is 12.3 Å². The lowest BCUT2D eigenvalue weighted by Crippen LogP contribution is -2.46. The van der Waals surface area contributed by atoms with Crippen LogP contribution in [0.4, 0.5) is 0 Å². The van der Waals surface area contributed by atoms with Gasteiger partial charge in [-0.15, -0.1) is 12.3 Å². The summed E-state index contributed by atoms with van der Waals surface area (Å²) in [5.74, 6) is 2.51. The molecule has 0 saturated heterocycles. The second kappa shape index (κ2) is 10.6. The molecule has 0 aromatic heterocycles. The molecular formula is C27H29NO. The molecule has 2 heteroatoms. The molecule has 0 spiro atoms. The largest absolute Gasteiger partial charge is 0.390 e. The molecule has 148 valence electrons. The zero-order chi connectivity index (χ0) is 20.5. The first-order chi connectivity index (χ1) is 14.2. The third kappa shape index (κ3) is 6.06. The molecule has 0 fully saturated rings. The van der Waals surface area contributed by atoms with Crippen molar-refractivity contribution in [1.29, 1.82) is 0 Å². The Morgan fingerprint density at radius 3 is 1.59 bits per heavy atom. The Bertz CT molecular complexity index is 845. The first kappa shape index (κ1) is 20.9. The first-order valence-corrected chi connectivity index (χ1v) is 10.2. The number of aliphatic hydroxyl groups is 1. The molecule has 0 saturated carbocycles. The minimum Gasteiger partial charge on any atom is -0.390 e. The van der Waals surface area contributed by atoms with E-state index in [1.165, 1.54) is 16.7 Å². The summed E-state index contributed by atoms with van der Waals surface area (Å²) in [6.45, 7) is 3.43. The third-order valence-corrected chi connectivity index (χ3v) is 5.38. The summed E-state index contributed by atoms with van der Waals surface area (Å²) in [6.07, 6.45) is 5.81. The van der Waals surface area contributed by atoms with Gasteiger partial charge in [0.15, 0.2) is 0 Å². The van der Waals surface area contributed by atoms with Crippen molar-refractivity contribution < 1.29 is 5.11 Å². The molecule has 3 atom stereocenters. The Labute approximate surface area is 174 Å². The molecule has 2 nitrogen and oxygen atoms in total. The van der Waals surface area contributed by atoms with Crippen molar-refractivity contribution in [1.82, 2.24) is 4.90 Å². The minimum atomic E-state index is -0.618. The Morgan fingerprint density at radius 2 is 1.17 bits per heavy atom. The van der Waals surface area contributed by atoms with E-state index in [1.807, 2.05) is 37.3 Å². The van der Waals surface area contributed by atoms with Gasteiger partial charge in [0, 0.05) is 25.0 Å². The summed E-state index contributed by atoms with van der Waals surface area (Å²) in [5, 5.41) is 11.2. The van der Waals surface area contributed by atoms with Crippen LogP contribution in [0, 0.1) is 18.3 Å². The lowest BCUT2D eigenvalue weighted by molar-refractivity contribution is 0.0204. The Morgan fingerprint density at radius 1 is 0.759 bits per heavy atom. The van der Waals surface area contributed by atoms with Gasteiger partial charge in [0.25, 0.3) is 0 Å². The number of terminal acetylenes is 1. The summed E-state index contributed by atoms with van der Waals surface area (Å²) in [6, 6.07) is 31.1. The average molecular weight is 384 g/mol. The van der Waals surface area contributed by atoms with Crippen molar-refractivity contribution in [3.63, 3.8) is 0 Å². The van der Waals surface area contributed by atoms with Crippen molar-refractivity contribution in [2.24, 2.45) is 5.92 Å². The van der Waals surface area contributed by atoms with Crippen molar-refractivity contribution in [3.05, 3.63) is 108 Å². The van der Waals surface area contributed by atoms with E-state index < -0.39 is 6.10 Å². The van der Waals surface area contributed by atoms with Crippen LogP contribution in [-0.2, 0) is 19.5 Å². The molecule has 0 amide bonds. The van der Waals surface area contributed by atoms with Crippen molar-refractivity contribution in [2.45, 2.75) is 38.6 Å². The third-order valence-electron chi connectivity index (χ3n) is 5.38. The average Bonchev–Trinajstić information content (AvgIpc) is 2.78. The summed E-state index contributed by atoms with van der Waals surface area (Å²) in [4.78, 5) is 2.36. The summed E-state index contributed by atoms with van der Waals surface area (Å²) >= 11 is 0. The standard InChI is InChI=1S/C27H29NO/c1-3-22(2)27(29)26(19-23-13-7-4-8-14-23)28(20-24-15-9-5-10-16-24)21-25-17-11-6-12-18-25/h1,4-18,22,26-27,29H,19-21H2,2H3. The van der Waals surface area contributed by atoms with Gasteiger partial charge in [-0.1, -0.05) is 91.0 Å². The van der Waals surface area contributed by atoms with Crippen molar-refractivity contribution >= 4 is 0 Å². The molecule has 1 N–H and O–H groups in total. The van der Waals surface area contributed by atoms with Gasteiger partial charge in [0.2, 0.25) is 0 Å². The van der Waals surface area contributed by atoms with Crippen LogP contribution in [0.15, 0.2) is 91.0 Å². The number of nitrogens with zero attached hydrogens (tertiary/aromatic N) is 1. The molecule has 3 rings (SSSR count). The van der Waals surface area contributed by atoms with Gasteiger partial charge in [0.1, 0.15) is 0 Å². The molecule has 0 aliphatic rings. The predicted molar refractivity (Wildman–Crippen MR) is 120 cm³/mol. The van der Waals surface area contributed by atoms with Crippen LogP contribution >= 0.6 is 0 Å². The van der Waals surface area contributed by atoms with Crippen LogP contribution in [0.25, 0.3) is 0 Å². The zero-order valence-corrected chi connectivity index (χ0v) is 17.0. The Balaban J connectivity index is 1.94. The van der Waals surface area contributed by atoms with E-state index in [0.29, 0.717) is 0 Å². The van der Waals surface area contributed by atoms with Crippen LogP contribution in [0.2, 0.25) is 0 Å². The molecular weight excluding hydrogens is 354 g/mol. The van der Waals surface area contributed by atoms with Crippen LogP contribution in [0.5, 0.6) is 0 Å². The topological polar surface area (TPSA) is 23.5 Å². The van der Waals surface area contributed by atoms with Crippen LogP contribution in [0.1, 0.15) is 23.6 Å². The number of aliphatic hydroxyl groups excluding tert-OH is 1.